The van der Waals surface area contributed by atoms with E-state index in [1.807, 2.05) is 0 Å². The Bertz CT molecular complexity index is 506. The fourth-order valence-corrected chi connectivity index (χ4v) is 1.93. The van der Waals surface area contributed by atoms with E-state index in [-0.39, 0.29) is 18.1 Å². The summed E-state index contributed by atoms with van der Waals surface area (Å²) in [5.41, 5.74) is 2.53. The Morgan fingerprint density at radius 2 is 2.16 bits per heavy atom. The number of hydrogen-bond donors (Lipinski definition) is 2. The van der Waals surface area contributed by atoms with E-state index in [2.05, 4.69) is 4.98 Å². The van der Waals surface area contributed by atoms with Crippen LogP contribution in [0.15, 0.2) is 18.2 Å². The van der Waals surface area contributed by atoms with Gasteiger partial charge >= 0.3 is 6.18 Å². The fourth-order valence-electron chi connectivity index (χ4n) is 1.93. The second kappa shape index (κ2) is 4.37. The van der Waals surface area contributed by atoms with E-state index >= 15 is 0 Å². The number of rotatable bonds is 1. The first kappa shape index (κ1) is 13.6. The smallest absolute Gasteiger partial charge is 0.384 e. The van der Waals surface area contributed by atoms with Crippen LogP contribution in [0.1, 0.15) is 16.9 Å². The highest BCUT2D eigenvalue weighted by molar-refractivity contribution is 5.92. The molecule has 2 rings (SSSR count). The molecule has 1 amide bonds. The van der Waals surface area contributed by atoms with E-state index < -0.39 is 30.7 Å². The van der Waals surface area contributed by atoms with Gasteiger partial charge in [0.05, 0.1) is 6.54 Å². The molecule has 0 saturated carbocycles. The minimum atomic E-state index is -4.76. The molecule has 1 aromatic heterocycles. The zero-order chi connectivity index (χ0) is 14.3. The van der Waals surface area contributed by atoms with Crippen molar-refractivity contribution in [3.8, 4) is 0 Å². The number of hydrogen-bond acceptors (Lipinski definition) is 4. The van der Waals surface area contributed by atoms with Gasteiger partial charge in [0.2, 0.25) is 0 Å². The van der Waals surface area contributed by atoms with Crippen molar-refractivity contribution in [3.63, 3.8) is 0 Å². The van der Waals surface area contributed by atoms with Crippen LogP contribution < -0.4 is 5.73 Å². The van der Waals surface area contributed by atoms with Gasteiger partial charge in [0.25, 0.3) is 5.91 Å². The van der Waals surface area contributed by atoms with Gasteiger partial charge < -0.3 is 15.7 Å². The third kappa shape index (κ3) is 2.48. The van der Waals surface area contributed by atoms with Crippen LogP contribution in [0.3, 0.4) is 0 Å². The number of halogens is 3. The van der Waals surface area contributed by atoms with Crippen LogP contribution in [-0.2, 0) is 0 Å². The Balaban J connectivity index is 2.16. The largest absolute Gasteiger partial charge is 0.419 e. The Morgan fingerprint density at radius 1 is 1.47 bits per heavy atom. The zero-order valence-corrected chi connectivity index (χ0v) is 9.81. The molecule has 0 aliphatic carbocycles. The molecule has 0 aromatic carbocycles. The van der Waals surface area contributed by atoms with Crippen molar-refractivity contribution in [3.05, 3.63) is 23.9 Å². The van der Waals surface area contributed by atoms with Crippen molar-refractivity contribution in [2.75, 3.05) is 18.8 Å². The number of nitrogens with two attached hydrogens (primary N) is 1. The van der Waals surface area contributed by atoms with Crippen molar-refractivity contribution in [1.29, 1.82) is 0 Å². The third-order valence-electron chi connectivity index (χ3n) is 3.05. The summed E-state index contributed by atoms with van der Waals surface area (Å²) in [5, 5.41) is 9.48. The molecular weight excluding hydrogens is 263 g/mol. The Morgan fingerprint density at radius 3 is 2.68 bits per heavy atom. The second-order valence-corrected chi connectivity index (χ2v) is 4.45. The van der Waals surface area contributed by atoms with E-state index in [9.17, 15) is 23.1 Å². The van der Waals surface area contributed by atoms with Crippen LogP contribution in [0, 0.1) is 0 Å². The average Bonchev–Trinajstić information content (AvgIpc) is 2.72. The number of carbonyl (C=O) groups is 1. The summed E-state index contributed by atoms with van der Waals surface area (Å²) in [4.78, 5) is 16.6. The molecule has 1 unspecified atom stereocenters. The quantitative estimate of drug-likeness (QED) is 0.794. The highest BCUT2D eigenvalue weighted by Gasteiger charge is 2.57. The van der Waals surface area contributed by atoms with Crippen LogP contribution in [-0.4, -0.2) is 45.8 Å². The number of β-amino-alcohol motifs (C(OH)–C–C–N with tert-alkyl or cyclic N) is 1. The van der Waals surface area contributed by atoms with Gasteiger partial charge in [-0.25, -0.2) is 4.98 Å². The molecule has 104 valence electrons. The predicted octanol–water partition coefficient (Wildman–Crippen LogP) is 0.803. The van der Waals surface area contributed by atoms with Gasteiger partial charge in [-0.3, -0.25) is 4.79 Å². The molecule has 0 bridgehead atoms. The summed E-state index contributed by atoms with van der Waals surface area (Å²) in [6.07, 6.45) is -5.30. The number of amides is 1. The highest BCUT2D eigenvalue weighted by Crippen LogP contribution is 2.37. The monoisotopic (exact) mass is 275 g/mol. The topological polar surface area (TPSA) is 79.5 Å². The SMILES string of the molecule is Nc1cccc(C(=O)N2CCC(O)(C(F)(F)F)C2)n1. The lowest BCUT2D eigenvalue weighted by atomic mass is 10.0. The van der Waals surface area contributed by atoms with Gasteiger partial charge in [-0.2, -0.15) is 13.2 Å². The molecule has 1 aromatic rings. The fraction of sp³-hybridized carbons (Fsp3) is 0.455. The molecule has 5 nitrogen and oxygen atoms in total. The maximum absolute atomic E-state index is 12.6. The zero-order valence-electron chi connectivity index (χ0n) is 9.81. The van der Waals surface area contributed by atoms with Gasteiger partial charge in [0, 0.05) is 13.0 Å². The number of nitrogen functional groups attached to an aromatic ring is 1. The molecule has 3 N–H and O–H groups in total. The number of likely N-dealkylation sites (tertiary alicyclic amines) is 1. The van der Waals surface area contributed by atoms with Crippen molar-refractivity contribution >= 4 is 11.7 Å². The molecule has 19 heavy (non-hydrogen) atoms. The molecule has 1 fully saturated rings. The number of carbonyl (C=O) groups excluding carboxylic acids is 1. The normalized spacial score (nSPS) is 23.7. The van der Waals surface area contributed by atoms with E-state index in [0.29, 0.717) is 0 Å². The molecule has 1 aliphatic rings. The number of aromatic nitrogens is 1. The molecule has 2 heterocycles. The van der Waals surface area contributed by atoms with Crippen LogP contribution >= 0.6 is 0 Å². The van der Waals surface area contributed by atoms with Crippen LogP contribution in [0.5, 0.6) is 0 Å². The molecule has 8 heteroatoms. The standard InChI is InChI=1S/C11H12F3N3O2/c12-11(13,14)10(19)4-5-17(6-10)9(18)7-2-1-3-8(15)16-7/h1-3,19H,4-6H2,(H2,15,16). The first-order valence-electron chi connectivity index (χ1n) is 5.54. The molecule has 1 saturated heterocycles. The third-order valence-corrected chi connectivity index (χ3v) is 3.05. The lowest BCUT2D eigenvalue weighted by molar-refractivity contribution is -0.253. The van der Waals surface area contributed by atoms with E-state index in [0.717, 1.165) is 4.90 Å². The first-order chi connectivity index (χ1) is 8.73. The van der Waals surface area contributed by atoms with Gasteiger partial charge in [-0.1, -0.05) is 6.07 Å². The minimum Gasteiger partial charge on any atom is -0.384 e. The molecule has 0 radical (unpaired) electrons. The van der Waals surface area contributed by atoms with E-state index in [4.69, 9.17) is 5.73 Å². The lowest BCUT2D eigenvalue weighted by Crippen LogP contribution is -2.48. The molecule has 0 spiro atoms. The Kier molecular flexibility index (Phi) is 3.13. The average molecular weight is 275 g/mol. The molecule has 1 atom stereocenters. The summed E-state index contributed by atoms with van der Waals surface area (Å²) < 4.78 is 37.9. The summed E-state index contributed by atoms with van der Waals surface area (Å²) >= 11 is 0. The Labute approximate surface area is 106 Å². The predicted molar refractivity (Wildman–Crippen MR) is 60.2 cm³/mol. The maximum atomic E-state index is 12.6. The minimum absolute atomic E-state index is 0.0357. The molecule has 1 aliphatic heterocycles. The number of pyridine rings is 1. The summed E-state index contributed by atoms with van der Waals surface area (Å²) in [6, 6.07) is 4.32. The van der Waals surface area contributed by atoms with Crippen LogP contribution in [0.25, 0.3) is 0 Å². The number of anilines is 1. The van der Waals surface area contributed by atoms with Gasteiger partial charge in [0.15, 0.2) is 5.60 Å². The Hall–Kier alpha value is -1.83. The lowest BCUT2D eigenvalue weighted by Gasteiger charge is -2.25. The van der Waals surface area contributed by atoms with E-state index in [1.54, 1.807) is 0 Å². The van der Waals surface area contributed by atoms with E-state index in [1.165, 1.54) is 18.2 Å². The summed E-state index contributed by atoms with van der Waals surface area (Å²) in [7, 11) is 0. The number of aliphatic hydroxyl groups is 1. The van der Waals surface area contributed by atoms with Crippen LogP contribution in [0.4, 0.5) is 19.0 Å². The van der Waals surface area contributed by atoms with Crippen molar-refractivity contribution < 1.29 is 23.1 Å². The summed E-state index contributed by atoms with van der Waals surface area (Å²) in [5.74, 6) is -0.566. The van der Waals surface area contributed by atoms with Crippen LogP contribution in [0.2, 0.25) is 0 Å². The summed E-state index contributed by atoms with van der Waals surface area (Å²) in [6.45, 7) is -0.961. The molecular formula is C11H12F3N3O2. The van der Waals surface area contributed by atoms with Gasteiger partial charge in [-0.05, 0) is 12.1 Å². The van der Waals surface area contributed by atoms with Crippen molar-refractivity contribution in [2.24, 2.45) is 0 Å². The van der Waals surface area contributed by atoms with Crippen molar-refractivity contribution in [2.45, 2.75) is 18.2 Å². The van der Waals surface area contributed by atoms with Crippen molar-refractivity contribution in [1.82, 2.24) is 9.88 Å². The maximum Gasteiger partial charge on any atom is 0.419 e. The number of nitrogens with zero attached hydrogens (tertiary/aromatic N) is 2. The number of alkyl halides is 3. The second-order valence-electron chi connectivity index (χ2n) is 4.45. The first-order valence-corrected chi connectivity index (χ1v) is 5.54. The van der Waals surface area contributed by atoms with Gasteiger partial charge in [-0.15, -0.1) is 0 Å². The highest BCUT2D eigenvalue weighted by atomic mass is 19.4. The van der Waals surface area contributed by atoms with Gasteiger partial charge in [0.1, 0.15) is 11.5 Å².